The van der Waals surface area contributed by atoms with Gasteiger partial charge in [0.1, 0.15) is 11.8 Å². The average molecular weight is 461 g/mol. The van der Waals surface area contributed by atoms with Crippen LogP contribution < -0.4 is 11.0 Å². The van der Waals surface area contributed by atoms with Crippen LogP contribution in [-0.2, 0) is 17.3 Å². The highest BCUT2D eigenvalue weighted by molar-refractivity contribution is 5.73. The molecule has 0 spiro atoms. The van der Waals surface area contributed by atoms with Crippen molar-refractivity contribution in [1.82, 2.24) is 33.7 Å². The standard InChI is InChI=1S/C24H28N8O2/c1-14-4-19-26-13-27-31(19)11-17(14)28-21-25-10-18-20(29-21)32(22(33)30(18)2)23-6-15-5-16(7-23)9-24(8-15,12-23)34-3/h4,10-11,13,15-16H,5-9,12H2,1-3H3,(H,25,28,29). The Morgan fingerprint density at radius 1 is 1.18 bits per heavy atom. The molecule has 0 radical (unpaired) electrons. The fraction of sp³-hybridized carbons (Fsp3) is 0.542. The number of nitrogens with one attached hydrogen (secondary N) is 1. The summed E-state index contributed by atoms with van der Waals surface area (Å²) in [6, 6.07) is 1.96. The lowest BCUT2D eigenvalue weighted by Crippen LogP contribution is -2.62. The molecule has 1 N–H and O–H groups in total. The minimum Gasteiger partial charge on any atom is -0.378 e. The third-order valence-electron chi connectivity index (χ3n) is 8.55. The number of hydrogen-bond acceptors (Lipinski definition) is 7. The second kappa shape index (κ2) is 6.65. The van der Waals surface area contributed by atoms with Gasteiger partial charge in [-0.3, -0.25) is 9.13 Å². The maximum Gasteiger partial charge on any atom is 0.330 e. The normalized spacial score (nSPS) is 30.0. The van der Waals surface area contributed by atoms with E-state index in [9.17, 15) is 4.79 Å². The van der Waals surface area contributed by atoms with E-state index in [0.717, 1.165) is 54.5 Å². The van der Waals surface area contributed by atoms with Gasteiger partial charge in [-0.15, -0.1) is 0 Å². The number of aryl methyl sites for hydroxylation is 2. The zero-order chi connectivity index (χ0) is 23.2. The molecular formula is C24H28N8O2. The van der Waals surface area contributed by atoms with E-state index in [1.54, 1.807) is 15.3 Å². The Labute approximate surface area is 196 Å². The van der Waals surface area contributed by atoms with Gasteiger partial charge in [-0.05, 0) is 62.5 Å². The fourth-order valence-corrected chi connectivity index (χ4v) is 7.44. The lowest BCUT2D eigenvalue weighted by atomic mass is 9.51. The Hall–Kier alpha value is -3.27. The molecule has 4 aromatic heterocycles. The molecule has 4 fully saturated rings. The summed E-state index contributed by atoms with van der Waals surface area (Å²) in [4.78, 5) is 27.3. The first-order valence-corrected chi connectivity index (χ1v) is 12.0. The maximum atomic E-state index is 13.6. The number of fused-ring (bicyclic) bond motifs is 2. The van der Waals surface area contributed by atoms with E-state index in [1.807, 2.05) is 37.9 Å². The van der Waals surface area contributed by atoms with Gasteiger partial charge in [0.15, 0.2) is 11.3 Å². The summed E-state index contributed by atoms with van der Waals surface area (Å²) in [6.07, 6.45) is 11.5. The van der Waals surface area contributed by atoms with Crippen molar-refractivity contribution < 1.29 is 4.74 Å². The van der Waals surface area contributed by atoms with Gasteiger partial charge in [0.2, 0.25) is 5.95 Å². The number of rotatable bonds is 4. The lowest BCUT2D eigenvalue weighted by Gasteiger charge is -2.61. The molecule has 10 nitrogen and oxygen atoms in total. The fourth-order valence-electron chi connectivity index (χ4n) is 7.44. The third-order valence-corrected chi connectivity index (χ3v) is 8.55. The lowest BCUT2D eigenvalue weighted by molar-refractivity contribution is -0.173. The van der Waals surface area contributed by atoms with E-state index in [4.69, 9.17) is 9.72 Å². The molecule has 4 heterocycles. The van der Waals surface area contributed by atoms with E-state index in [1.165, 1.54) is 12.7 Å². The Morgan fingerprint density at radius 3 is 2.74 bits per heavy atom. The van der Waals surface area contributed by atoms with Crippen LogP contribution in [0.5, 0.6) is 0 Å². The van der Waals surface area contributed by atoms with Crippen LogP contribution in [0.1, 0.15) is 44.1 Å². The summed E-state index contributed by atoms with van der Waals surface area (Å²) in [6.45, 7) is 2.01. The van der Waals surface area contributed by atoms with Crippen molar-refractivity contribution in [2.45, 2.75) is 56.6 Å². The van der Waals surface area contributed by atoms with Crippen LogP contribution in [-0.4, -0.2) is 46.4 Å². The minimum atomic E-state index is -0.252. The predicted molar refractivity (Wildman–Crippen MR) is 126 cm³/mol. The van der Waals surface area contributed by atoms with Gasteiger partial charge in [0.25, 0.3) is 0 Å². The predicted octanol–water partition coefficient (Wildman–Crippen LogP) is 2.92. The number of ether oxygens (including phenoxy) is 1. The molecule has 0 aromatic carbocycles. The quantitative estimate of drug-likeness (QED) is 0.499. The van der Waals surface area contributed by atoms with Crippen LogP contribution in [0.2, 0.25) is 0 Å². The highest BCUT2D eigenvalue weighted by Crippen LogP contribution is 2.61. The van der Waals surface area contributed by atoms with Crippen molar-refractivity contribution in [3.8, 4) is 0 Å². The molecule has 0 amide bonds. The van der Waals surface area contributed by atoms with Gasteiger partial charge in [-0.1, -0.05) is 0 Å². The average Bonchev–Trinajstić information content (AvgIpc) is 3.35. The van der Waals surface area contributed by atoms with Crippen LogP contribution in [0.15, 0.2) is 29.6 Å². The molecule has 176 valence electrons. The number of pyridine rings is 1. The number of aromatic nitrogens is 7. The Morgan fingerprint density at radius 2 is 1.97 bits per heavy atom. The Balaban J connectivity index is 1.36. The first kappa shape index (κ1) is 20.1. The summed E-state index contributed by atoms with van der Waals surface area (Å²) < 4.78 is 11.5. The van der Waals surface area contributed by atoms with Crippen LogP contribution in [0.4, 0.5) is 11.6 Å². The number of nitrogens with zero attached hydrogens (tertiary/aromatic N) is 7. The van der Waals surface area contributed by atoms with E-state index < -0.39 is 0 Å². The minimum absolute atomic E-state index is 0.0186. The van der Waals surface area contributed by atoms with Crippen molar-refractivity contribution in [1.29, 1.82) is 0 Å². The van der Waals surface area contributed by atoms with Crippen LogP contribution in [0.3, 0.4) is 0 Å². The zero-order valence-corrected chi connectivity index (χ0v) is 19.7. The summed E-state index contributed by atoms with van der Waals surface area (Å²) in [5, 5.41) is 7.56. The molecule has 4 aromatic rings. The number of anilines is 2. The van der Waals surface area contributed by atoms with Crippen LogP contribution in [0, 0.1) is 18.8 Å². The topological polar surface area (TPSA) is 104 Å². The molecule has 2 unspecified atom stereocenters. The summed E-state index contributed by atoms with van der Waals surface area (Å²) in [7, 11) is 3.65. The molecule has 4 bridgehead atoms. The first-order valence-electron chi connectivity index (χ1n) is 12.0. The van der Waals surface area contributed by atoms with Gasteiger partial charge in [0.05, 0.1) is 29.2 Å². The third kappa shape index (κ3) is 2.68. The van der Waals surface area contributed by atoms with Gasteiger partial charge in [0, 0.05) is 20.6 Å². The smallest absolute Gasteiger partial charge is 0.330 e. The highest BCUT2D eigenvalue weighted by Gasteiger charge is 2.59. The summed E-state index contributed by atoms with van der Waals surface area (Å²) in [5.74, 6) is 1.65. The Kier molecular flexibility index (Phi) is 3.94. The van der Waals surface area contributed by atoms with E-state index in [2.05, 4.69) is 20.4 Å². The van der Waals surface area contributed by atoms with Crippen molar-refractivity contribution in [3.63, 3.8) is 0 Å². The molecule has 8 rings (SSSR count). The van der Waals surface area contributed by atoms with E-state index in [0.29, 0.717) is 23.4 Å². The van der Waals surface area contributed by atoms with Gasteiger partial charge >= 0.3 is 5.69 Å². The number of imidazole rings is 1. The highest BCUT2D eigenvalue weighted by atomic mass is 16.5. The van der Waals surface area contributed by atoms with Crippen molar-refractivity contribution in [2.24, 2.45) is 18.9 Å². The molecular weight excluding hydrogens is 432 g/mol. The molecule has 0 aliphatic heterocycles. The number of hydrogen-bond donors (Lipinski definition) is 1. The first-order chi connectivity index (χ1) is 16.4. The van der Waals surface area contributed by atoms with Crippen LogP contribution >= 0.6 is 0 Å². The Bertz CT molecular complexity index is 1500. The van der Waals surface area contributed by atoms with Crippen molar-refractivity contribution in [2.75, 3.05) is 12.4 Å². The zero-order valence-electron chi connectivity index (χ0n) is 19.7. The monoisotopic (exact) mass is 460 g/mol. The second-order valence-electron chi connectivity index (χ2n) is 10.7. The van der Waals surface area contributed by atoms with Gasteiger partial charge < -0.3 is 10.1 Å². The SMILES string of the molecule is COC12CC3CC(C1)CC(n1c(=O)n(C)c4cnc(Nc5cn6ncnc6cc5C)nc41)(C3)C2. The molecule has 4 saturated carbocycles. The van der Waals surface area contributed by atoms with E-state index in [-0.39, 0.29) is 16.8 Å². The molecule has 4 aliphatic carbocycles. The largest absolute Gasteiger partial charge is 0.378 e. The number of methoxy groups -OCH3 is 1. The maximum absolute atomic E-state index is 13.6. The molecule has 34 heavy (non-hydrogen) atoms. The second-order valence-corrected chi connectivity index (χ2v) is 10.7. The van der Waals surface area contributed by atoms with E-state index >= 15 is 0 Å². The van der Waals surface area contributed by atoms with Gasteiger partial charge in [-0.2, -0.15) is 10.1 Å². The molecule has 4 aliphatic rings. The summed E-state index contributed by atoms with van der Waals surface area (Å²) in [5.41, 5.74) is 3.69. The van der Waals surface area contributed by atoms with Crippen molar-refractivity contribution >= 4 is 28.4 Å². The molecule has 0 saturated heterocycles. The summed E-state index contributed by atoms with van der Waals surface area (Å²) >= 11 is 0. The molecule has 2 atom stereocenters. The van der Waals surface area contributed by atoms with Gasteiger partial charge in [-0.25, -0.2) is 19.3 Å². The molecule has 10 heteroatoms. The van der Waals surface area contributed by atoms with Crippen molar-refractivity contribution in [3.05, 3.63) is 40.8 Å². The van der Waals surface area contributed by atoms with Crippen LogP contribution in [0.25, 0.3) is 16.8 Å².